The number of fused-ring (bicyclic) bond motifs is 1. The predicted molar refractivity (Wildman–Crippen MR) is 99.5 cm³/mol. The van der Waals surface area contributed by atoms with Gasteiger partial charge in [-0.25, -0.2) is 0 Å². The van der Waals surface area contributed by atoms with Gasteiger partial charge in [0.2, 0.25) is 0 Å². The number of benzene rings is 2. The molecule has 0 aliphatic carbocycles. The maximum absolute atomic E-state index is 12.4. The molecule has 0 saturated carbocycles. The summed E-state index contributed by atoms with van der Waals surface area (Å²) < 4.78 is 4.92. The molecule has 0 bridgehead atoms. The predicted octanol–water partition coefficient (Wildman–Crippen LogP) is 3.91. The Morgan fingerprint density at radius 1 is 1.24 bits per heavy atom. The Morgan fingerprint density at radius 3 is 2.80 bits per heavy atom. The molecule has 6 heteroatoms. The summed E-state index contributed by atoms with van der Waals surface area (Å²) in [6.07, 6.45) is 1.71. The second-order valence-electron chi connectivity index (χ2n) is 5.45. The van der Waals surface area contributed by atoms with Crippen molar-refractivity contribution in [2.75, 3.05) is 7.11 Å². The van der Waals surface area contributed by atoms with Gasteiger partial charge in [0.15, 0.2) is 5.78 Å². The molecule has 1 heterocycles. The van der Waals surface area contributed by atoms with E-state index in [1.54, 1.807) is 12.1 Å². The number of carbonyl (C=O) groups excluding carboxylic acids is 1. The average Bonchev–Trinajstić information content (AvgIpc) is 2.62. The SMILES string of the molecule is COC(N)=Nc1cccc2ccc(CC(=O)c3ccc(Cl)cn3)cc12. The Labute approximate surface area is 150 Å². The summed E-state index contributed by atoms with van der Waals surface area (Å²) in [6, 6.07) is 14.9. The number of hydrogen-bond acceptors (Lipinski definition) is 4. The smallest absolute Gasteiger partial charge is 0.286 e. The van der Waals surface area contributed by atoms with Crippen LogP contribution in [0.2, 0.25) is 5.02 Å². The second-order valence-corrected chi connectivity index (χ2v) is 5.88. The zero-order valence-electron chi connectivity index (χ0n) is 13.6. The molecule has 0 fully saturated rings. The summed E-state index contributed by atoms with van der Waals surface area (Å²) in [5.41, 5.74) is 7.60. The summed E-state index contributed by atoms with van der Waals surface area (Å²) in [7, 11) is 1.47. The first-order valence-corrected chi connectivity index (χ1v) is 7.99. The molecule has 1 aromatic heterocycles. The highest BCUT2D eigenvalue weighted by atomic mass is 35.5. The van der Waals surface area contributed by atoms with Gasteiger partial charge in [0, 0.05) is 18.0 Å². The Balaban J connectivity index is 1.93. The molecule has 3 rings (SSSR count). The van der Waals surface area contributed by atoms with Gasteiger partial charge in [0.05, 0.1) is 17.8 Å². The van der Waals surface area contributed by atoms with Crippen molar-refractivity contribution in [3.8, 4) is 0 Å². The number of ether oxygens (including phenoxy) is 1. The number of carbonyl (C=O) groups is 1. The van der Waals surface area contributed by atoms with Gasteiger partial charge >= 0.3 is 0 Å². The number of nitrogens with two attached hydrogens (primary N) is 1. The van der Waals surface area contributed by atoms with Crippen molar-refractivity contribution in [3.05, 3.63) is 71.0 Å². The monoisotopic (exact) mass is 353 g/mol. The van der Waals surface area contributed by atoms with Gasteiger partial charge < -0.3 is 10.5 Å². The van der Waals surface area contributed by atoms with Crippen LogP contribution in [0.4, 0.5) is 5.69 Å². The highest BCUT2D eigenvalue weighted by Gasteiger charge is 2.10. The summed E-state index contributed by atoms with van der Waals surface area (Å²) in [5, 5.41) is 2.41. The number of Topliss-reactive ketones (excluding diaryl/α,β-unsaturated/α-hetero) is 1. The van der Waals surface area contributed by atoms with E-state index in [-0.39, 0.29) is 18.2 Å². The molecule has 3 aromatic rings. The Morgan fingerprint density at radius 2 is 2.08 bits per heavy atom. The summed E-state index contributed by atoms with van der Waals surface area (Å²) >= 11 is 5.81. The Bertz CT molecular complexity index is 953. The van der Waals surface area contributed by atoms with Crippen LogP contribution in [-0.2, 0) is 11.2 Å². The molecule has 0 radical (unpaired) electrons. The molecule has 2 aromatic carbocycles. The minimum absolute atomic E-state index is 0.0756. The number of methoxy groups -OCH3 is 1. The number of ketones is 1. The van der Waals surface area contributed by atoms with Crippen LogP contribution in [0.15, 0.2) is 59.7 Å². The van der Waals surface area contributed by atoms with E-state index in [1.165, 1.54) is 13.3 Å². The van der Waals surface area contributed by atoms with Crippen LogP contribution < -0.4 is 5.73 Å². The van der Waals surface area contributed by atoms with Gasteiger partial charge in [0.25, 0.3) is 6.02 Å². The van der Waals surface area contributed by atoms with Crippen molar-refractivity contribution in [2.24, 2.45) is 10.7 Å². The lowest BCUT2D eigenvalue weighted by Gasteiger charge is -2.07. The molecule has 0 aliphatic rings. The third-order valence-corrected chi connectivity index (χ3v) is 3.96. The summed E-state index contributed by atoms with van der Waals surface area (Å²) in [5.74, 6) is -0.0756. The largest absolute Gasteiger partial charge is 0.469 e. The van der Waals surface area contributed by atoms with Crippen molar-refractivity contribution < 1.29 is 9.53 Å². The van der Waals surface area contributed by atoms with Gasteiger partial charge in [-0.15, -0.1) is 0 Å². The quantitative estimate of drug-likeness (QED) is 0.438. The standard InChI is InChI=1S/C19H16ClN3O2/c1-25-19(21)23-16-4-2-3-13-6-5-12(9-15(13)16)10-18(24)17-8-7-14(20)11-22-17/h2-9,11H,10H2,1H3,(H2,21,23). The zero-order chi connectivity index (χ0) is 17.8. The van der Waals surface area contributed by atoms with Crippen LogP contribution in [0.25, 0.3) is 10.8 Å². The Kier molecular flexibility index (Phi) is 4.95. The molecule has 0 amide bonds. The molecular weight excluding hydrogens is 338 g/mol. The van der Waals surface area contributed by atoms with Gasteiger partial charge in [-0.1, -0.05) is 35.9 Å². The summed E-state index contributed by atoms with van der Waals surface area (Å²) in [4.78, 5) is 20.7. The number of aliphatic imine (C=N–C) groups is 1. The van der Waals surface area contributed by atoms with Crippen LogP contribution in [0.1, 0.15) is 16.1 Å². The van der Waals surface area contributed by atoms with Crippen LogP contribution in [0.5, 0.6) is 0 Å². The summed E-state index contributed by atoms with van der Waals surface area (Å²) in [6.45, 7) is 0. The van der Waals surface area contributed by atoms with Crippen LogP contribution in [-0.4, -0.2) is 23.9 Å². The fourth-order valence-electron chi connectivity index (χ4n) is 2.49. The second kappa shape index (κ2) is 7.32. The maximum atomic E-state index is 12.4. The van der Waals surface area contributed by atoms with E-state index in [0.717, 1.165) is 16.3 Å². The normalized spacial score (nSPS) is 11.5. The lowest BCUT2D eigenvalue weighted by molar-refractivity contribution is 0.0988. The third kappa shape index (κ3) is 3.95. The van der Waals surface area contributed by atoms with E-state index >= 15 is 0 Å². The number of amidine groups is 1. The minimum atomic E-state index is -0.0756. The first-order valence-electron chi connectivity index (χ1n) is 7.61. The number of rotatable bonds is 4. The van der Waals surface area contributed by atoms with Crippen molar-refractivity contribution in [3.63, 3.8) is 0 Å². The number of pyridine rings is 1. The zero-order valence-corrected chi connectivity index (χ0v) is 14.3. The van der Waals surface area contributed by atoms with Crippen LogP contribution in [0.3, 0.4) is 0 Å². The van der Waals surface area contributed by atoms with Gasteiger partial charge in [0.1, 0.15) is 5.69 Å². The van der Waals surface area contributed by atoms with Crippen molar-refractivity contribution in [2.45, 2.75) is 6.42 Å². The molecule has 5 nitrogen and oxygen atoms in total. The highest BCUT2D eigenvalue weighted by molar-refractivity contribution is 6.30. The molecule has 0 saturated heterocycles. The number of nitrogens with zero attached hydrogens (tertiary/aromatic N) is 2. The van der Waals surface area contributed by atoms with Crippen LogP contribution >= 0.6 is 11.6 Å². The molecule has 0 atom stereocenters. The molecule has 0 aliphatic heterocycles. The van der Waals surface area contributed by atoms with E-state index in [2.05, 4.69) is 9.98 Å². The van der Waals surface area contributed by atoms with Crippen molar-refractivity contribution in [1.29, 1.82) is 0 Å². The lowest BCUT2D eigenvalue weighted by atomic mass is 10.0. The average molecular weight is 354 g/mol. The fourth-order valence-corrected chi connectivity index (χ4v) is 2.60. The fraction of sp³-hybridized carbons (Fsp3) is 0.105. The van der Waals surface area contributed by atoms with E-state index < -0.39 is 0 Å². The van der Waals surface area contributed by atoms with Gasteiger partial charge in [-0.3, -0.25) is 9.78 Å². The van der Waals surface area contributed by atoms with Gasteiger partial charge in [-0.05, 0) is 35.2 Å². The minimum Gasteiger partial charge on any atom is -0.469 e. The van der Waals surface area contributed by atoms with E-state index in [1.807, 2.05) is 36.4 Å². The maximum Gasteiger partial charge on any atom is 0.286 e. The lowest BCUT2D eigenvalue weighted by Crippen LogP contribution is -2.12. The van der Waals surface area contributed by atoms with Crippen molar-refractivity contribution >= 4 is 39.9 Å². The molecule has 0 spiro atoms. The van der Waals surface area contributed by atoms with Gasteiger partial charge in [-0.2, -0.15) is 4.99 Å². The molecule has 126 valence electrons. The first-order chi connectivity index (χ1) is 12.1. The topological polar surface area (TPSA) is 77.6 Å². The first kappa shape index (κ1) is 16.9. The molecule has 2 N–H and O–H groups in total. The molecule has 0 unspecified atom stereocenters. The number of aromatic nitrogens is 1. The number of hydrogen-bond donors (Lipinski definition) is 1. The van der Waals surface area contributed by atoms with E-state index in [0.29, 0.717) is 16.4 Å². The molecule has 25 heavy (non-hydrogen) atoms. The van der Waals surface area contributed by atoms with Crippen LogP contribution in [0, 0.1) is 0 Å². The van der Waals surface area contributed by atoms with E-state index in [4.69, 9.17) is 22.1 Å². The Hall–Kier alpha value is -2.92. The highest BCUT2D eigenvalue weighted by Crippen LogP contribution is 2.27. The molecular formula is C19H16ClN3O2. The number of halogens is 1. The third-order valence-electron chi connectivity index (χ3n) is 3.74. The van der Waals surface area contributed by atoms with E-state index in [9.17, 15) is 4.79 Å². The van der Waals surface area contributed by atoms with Crippen molar-refractivity contribution in [1.82, 2.24) is 4.98 Å².